The van der Waals surface area contributed by atoms with Crippen LogP contribution < -0.4 is 10.1 Å². The molecule has 1 N–H and O–H groups in total. The molecule has 0 heterocycles. The third-order valence-electron chi connectivity index (χ3n) is 3.79. The summed E-state index contributed by atoms with van der Waals surface area (Å²) in [5, 5.41) is 13.5. The zero-order valence-corrected chi connectivity index (χ0v) is 15.8. The second-order valence-electron chi connectivity index (χ2n) is 5.75. The summed E-state index contributed by atoms with van der Waals surface area (Å²) in [5.74, 6) is -0.0154. The van der Waals surface area contributed by atoms with E-state index in [2.05, 4.69) is 5.32 Å². The molecule has 2 aromatic carbocycles. The van der Waals surface area contributed by atoms with Gasteiger partial charge < -0.3 is 10.1 Å². The van der Waals surface area contributed by atoms with Gasteiger partial charge >= 0.3 is 0 Å². The number of benzene rings is 2. The molecule has 0 aliphatic carbocycles. The summed E-state index contributed by atoms with van der Waals surface area (Å²) in [4.78, 5) is 22.2. The van der Waals surface area contributed by atoms with Crippen molar-refractivity contribution in [1.82, 2.24) is 4.31 Å². The van der Waals surface area contributed by atoms with Crippen molar-refractivity contribution in [3.63, 3.8) is 0 Å². The Morgan fingerprint density at radius 1 is 1.26 bits per heavy atom. The Hall–Kier alpha value is -2.98. The van der Waals surface area contributed by atoms with E-state index >= 15 is 0 Å². The van der Waals surface area contributed by atoms with Gasteiger partial charge in [0, 0.05) is 30.9 Å². The average Bonchev–Trinajstić information content (AvgIpc) is 2.61. The van der Waals surface area contributed by atoms with Gasteiger partial charge in [-0.15, -0.1) is 0 Å². The summed E-state index contributed by atoms with van der Waals surface area (Å²) in [7, 11) is -1.36. The van der Waals surface area contributed by atoms with Crippen molar-refractivity contribution in [3.05, 3.63) is 58.1 Å². The van der Waals surface area contributed by atoms with Crippen molar-refractivity contribution in [1.29, 1.82) is 0 Å². The Balaban J connectivity index is 2.18. The Labute approximate surface area is 156 Å². The van der Waals surface area contributed by atoms with Crippen LogP contribution in [-0.2, 0) is 14.8 Å². The molecular formula is C17H19N3O6S. The summed E-state index contributed by atoms with van der Waals surface area (Å²) in [6.07, 6.45) is 0. The van der Waals surface area contributed by atoms with Crippen LogP contribution in [0.2, 0.25) is 0 Å². The average molecular weight is 393 g/mol. The number of hydrogen-bond acceptors (Lipinski definition) is 6. The number of anilines is 1. The molecule has 0 spiro atoms. The molecule has 0 atom stereocenters. The van der Waals surface area contributed by atoms with Crippen LogP contribution in [0.5, 0.6) is 5.75 Å². The lowest BCUT2D eigenvalue weighted by atomic mass is 10.2. The summed E-state index contributed by atoms with van der Waals surface area (Å²) in [6.45, 7) is 1.07. The standard InChI is InChI=1S/C17H19N3O6S/c1-12-7-8-14(20(22)23)10-16(12)27(24,25)19(2)11-17(21)18-13-5-4-6-15(9-13)26-3/h4-10H,11H2,1-3H3,(H,18,21). The minimum Gasteiger partial charge on any atom is -0.497 e. The Bertz CT molecular complexity index is 974. The van der Waals surface area contributed by atoms with Gasteiger partial charge in [0.2, 0.25) is 15.9 Å². The van der Waals surface area contributed by atoms with E-state index in [0.29, 0.717) is 17.0 Å². The van der Waals surface area contributed by atoms with E-state index in [0.717, 1.165) is 10.4 Å². The highest BCUT2D eigenvalue weighted by Gasteiger charge is 2.26. The molecule has 0 radical (unpaired) electrons. The van der Waals surface area contributed by atoms with E-state index in [1.54, 1.807) is 24.3 Å². The highest BCUT2D eigenvalue weighted by molar-refractivity contribution is 7.89. The molecule has 27 heavy (non-hydrogen) atoms. The fourth-order valence-corrected chi connectivity index (χ4v) is 3.70. The predicted octanol–water partition coefficient (Wildman–Crippen LogP) is 2.17. The van der Waals surface area contributed by atoms with Gasteiger partial charge in [0.1, 0.15) is 5.75 Å². The third kappa shape index (κ3) is 4.80. The van der Waals surface area contributed by atoms with Crippen molar-refractivity contribution in [2.45, 2.75) is 11.8 Å². The van der Waals surface area contributed by atoms with E-state index in [4.69, 9.17) is 4.74 Å². The first-order valence-corrected chi connectivity index (χ1v) is 9.24. The highest BCUT2D eigenvalue weighted by atomic mass is 32.2. The summed E-state index contributed by atoms with van der Waals surface area (Å²) in [6, 6.07) is 10.2. The van der Waals surface area contributed by atoms with Crippen molar-refractivity contribution in [2.75, 3.05) is 26.0 Å². The van der Waals surface area contributed by atoms with E-state index in [1.165, 1.54) is 33.2 Å². The smallest absolute Gasteiger partial charge is 0.270 e. The molecule has 144 valence electrons. The number of non-ortho nitro benzene ring substituents is 1. The number of methoxy groups -OCH3 is 1. The number of nitro benzene ring substituents is 1. The lowest BCUT2D eigenvalue weighted by Gasteiger charge is -2.18. The monoisotopic (exact) mass is 393 g/mol. The topological polar surface area (TPSA) is 119 Å². The van der Waals surface area contributed by atoms with Crippen molar-refractivity contribution in [3.8, 4) is 5.75 Å². The van der Waals surface area contributed by atoms with Gasteiger partial charge in [0.25, 0.3) is 5.69 Å². The first-order valence-electron chi connectivity index (χ1n) is 7.80. The van der Waals surface area contributed by atoms with Gasteiger partial charge in [-0.3, -0.25) is 14.9 Å². The summed E-state index contributed by atoms with van der Waals surface area (Å²) in [5.41, 5.74) is 0.464. The van der Waals surface area contributed by atoms with Crippen LogP contribution in [0.1, 0.15) is 5.56 Å². The molecule has 0 aromatic heterocycles. The lowest BCUT2D eigenvalue weighted by Crippen LogP contribution is -2.35. The minimum absolute atomic E-state index is 0.214. The number of nitrogens with one attached hydrogen (secondary N) is 1. The van der Waals surface area contributed by atoms with Crippen LogP contribution in [0.4, 0.5) is 11.4 Å². The zero-order valence-electron chi connectivity index (χ0n) is 15.0. The highest BCUT2D eigenvalue weighted by Crippen LogP contribution is 2.24. The number of hydrogen-bond donors (Lipinski definition) is 1. The summed E-state index contributed by atoms with van der Waals surface area (Å²) >= 11 is 0. The molecule has 1 amide bonds. The molecule has 0 fully saturated rings. The number of aryl methyl sites for hydroxylation is 1. The second-order valence-corrected chi connectivity index (χ2v) is 7.76. The van der Waals surface area contributed by atoms with Crippen LogP contribution >= 0.6 is 0 Å². The van der Waals surface area contributed by atoms with Gasteiger partial charge in [0.05, 0.1) is 23.5 Å². The number of rotatable bonds is 7. The van der Waals surface area contributed by atoms with E-state index < -0.39 is 27.4 Å². The number of carbonyl (C=O) groups excluding carboxylic acids is 1. The molecule has 0 unspecified atom stereocenters. The zero-order chi connectivity index (χ0) is 20.2. The molecular weight excluding hydrogens is 374 g/mol. The fourth-order valence-electron chi connectivity index (χ4n) is 2.34. The predicted molar refractivity (Wildman–Crippen MR) is 99.3 cm³/mol. The minimum atomic E-state index is -4.08. The van der Waals surface area contributed by atoms with Crippen molar-refractivity contribution < 1.29 is 22.9 Å². The van der Waals surface area contributed by atoms with Gasteiger partial charge in [-0.2, -0.15) is 4.31 Å². The van der Waals surface area contributed by atoms with Gasteiger partial charge in [-0.05, 0) is 24.6 Å². The Morgan fingerprint density at radius 3 is 2.59 bits per heavy atom. The van der Waals surface area contributed by atoms with Crippen LogP contribution in [0.3, 0.4) is 0 Å². The number of ether oxygens (including phenoxy) is 1. The van der Waals surface area contributed by atoms with E-state index in [1.807, 2.05) is 0 Å². The number of likely N-dealkylation sites (N-methyl/N-ethyl adjacent to an activating group) is 1. The van der Waals surface area contributed by atoms with Crippen molar-refractivity contribution >= 4 is 27.3 Å². The Morgan fingerprint density at radius 2 is 1.96 bits per heavy atom. The third-order valence-corrected chi connectivity index (χ3v) is 5.74. The fraction of sp³-hybridized carbons (Fsp3) is 0.235. The lowest BCUT2D eigenvalue weighted by molar-refractivity contribution is -0.385. The molecule has 10 heteroatoms. The number of sulfonamides is 1. The molecule has 9 nitrogen and oxygen atoms in total. The number of nitro groups is 1. The van der Waals surface area contributed by atoms with Crippen LogP contribution in [-0.4, -0.2) is 44.3 Å². The molecule has 0 aliphatic rings. The SMILES string of the molecule is COc1cccc(NC(=O)CN(C)S(=O)(=O)c2cc([N+](=O)[O-])ccc2C)c1. The number of nitrogens with zero attached hydrogens (tertiary/aromatic N) is 2. The van der Waals surface area contributed by atoms with E-state index in [-0.39, 0.29) is 10.6 Å². The maximum atomic E-state index is 12.7. The number of amides is 1. The molecule has 2 aromatic rings. The molecule has 0 saturated heterocycles. The van der Waals surface area contributed by atoms with E-state index in [9.17, 15) is 23.3 Å². The first-order chi connectivity index (χ1) is 12.6. The molecule has 2 rings (SSSR count). The van der Waals surface area contributed by atoms with Crippen molar-refractivity contribution in [2.24, 2.45) is 0 Å². The number of carbonyl (C=O) groups is 1. The first kappa shape index (κ1) is 20.3. The maximum absolute atomic E-state index is 12.7. The van der Waals surface area contributed by atoms with Crippen LogP contribution in [0, 0.1) is 17.0 Å². The Kier molecular flexibility index (Phi) is 6.13. The van der Waals surface area contributed by atoms with Crippen LogP contribution in [0.15, 0.2) is 47.4 Å². The van der Waals surface area contributed by atoms with Gasteiger partial charge in [-0.1, -0.05) is 12.1 Å². The largest absolute Gasteiger partial charge is 0.497 e. The molecule has 0 aliphatic heterocycles. The molecule has 0 bridgehead atoms. The van der Waals surface area contributed by atoms with Crippen LogP contribution in [0.25, 0.3) is 0 Å². The van der Waals surface area contributed by atoms with Gasteiger partial charge in [-0.25, -0.2) is 8.42 Å². The molecule has 0 saturated carbocycles. The quantitative estimate of drug-likeness (QED) is 0.569. The summed E-state index contributed by atoms with van der Waals surface area (Å²) < 4.78 is 31.3. The maximum Gasteiger partial charge on any atom is 0.270 e. The second kappa shape index (κ2) is 8.14. The normalized spacial score (nSPS) is 11.3. The van der Waals surface area contributed by atoms with Gasteiger partial charge in [0.15, 0.2) is 0 Å².